The van der Waals surface area contributed by atoms with E-state index in [1.54, 1.807) is 0 Å². The molecule has 80 valence electrons. The number of hydrogen-bond donors (Lipinski definition) is 1. The fourth-order valence-corrected chi connectivity index (χ4v) is 1.07. The van der Waals surface area contributed by atoms with Gasteiger partial charge in [0.15, 0.2) is 0 Å². The second kappa shape index (κ2) is 6.39. The molecule has 0 heterocycles. The highest BCUT2D eigenvalue weighted by Gasteiger charge is 2.40. The molecule has 0 aromatic carbocycles. The molecular weight excluding hydrogens is 204 g/mol. The van der Waals surface area contributed by atoms with E-state index < -0.39 is 11.4 Å². The Bertz CT molecular complexity index is 195. The molecule has 0 saturated heterocycles. The summed E-state index contributed by atoms with van der Waals surface area (Å²) < 4.78 is 20.0. The molecule has 0 aromatic rings. The number of methoxy groups -OCH3 is 1. The summed E-state index contributed by atoms with van der Waals surface area (Å²) in [4.78, 5) is 0. The summed E-state index contributed by atoms with van der Waals surface area (Å²) in [6.07, 6.45) is 2.63. The zero-order chi connectivity index (χ0) is 11.0. The zero-order valence-electron chi connectivity index (χ0n) is 8.01. The van der Waals surface area contributed by atoms with Crippen molar-refractivity contribution in [1.29, 1.82) is 0 Å². The second-order valence-electron chi connectivity index (χ2n) is 2.07. The summed E-state index contributed by atoms with van der Waals surface area (Å²) in [5.41, 5.74) is 0. The van der Waals surface area contributed by atoms with E-state index in [-0.39, 0.29) is 0 Å². The van der Waals surface area contributed by atoms with Crippen molar-refractivity contribution < 1.29 is 18.9 Å². The molecule has 1 atom stereocenters. The van der Waals surface area contributed by atoms with Crippen LogP contribution in [-0.4, -0.2) is 18.5 Å². The second-order valence-corrected chi connectivity index (χ2v) is 2.69. The van der Waals surface area contributed by atoms with Crippen molar-refractivity contribution in [2.45, 2.75) is 11.4 Å². The number of rotatable bonds is 8. The molecule has 5 heteroatoms. The number of thiol groups is 1. The summed E-state index contributed by atoms with van der Waals surface area (Å²) >= 11 is 4.10. The fourth-order valence-electron chi connectivity index (χ4n) is 0.756. The quantitative estimate of drug-likeness (QED) is 0.384. The van der Waals surface area contributed by atoms with Crippen LogP contribution in [0.4, 0.5) is 0 Å². The lowest BCUT2D eigenvalue weighted by Gasteiger charge is -2.31. The third-order valence-electron chi connectivity index (χ3n) is 1.24. The van der Waals surface area contributed by atoms with Crippen molar-refractivity contribution in [3.05, 3.63) is 38.5 Å². The van der Waals surface area contributed by atoms with Gasteiger partial charge in [-0.15, -0.1) is 0 Å². The van der Waals surface area contributed by atoms with Crippen LogP contribution in [-0.2, 0) is 18.9 Å². The summed E-state index contributed by atoms with van der Waals surface area (Å²) in [6, 6.07) is 0. The fraction of sp³-hybridized carbons (Fsp3) is 0.333. The van der Waals surface area contributed by atoms with Crippen LogP contribution in [0.1, 0.15) is 0 Å². The molecule has 0 saturated carbocycles. The smallest absolute Gasteiger partial charge is 0.362 e. The minimum Gasteiger partial charge on any atom is -0.464 e. The molecule has 0 aliphatic heterocycles. The van der Waals surface area contributed by atoms with Crippen LogP contribution in [0.2, 0.25) is 0 Å². The first-order valence-corrected chi connectivity index (χ1v) is 4.18. The third-order valence-corrected chi connectivity index (χ3v) is 1.66. The molecule has 0 aromatic heterocycles. The van der Waals surface area contributed by atoms with Crippen LogP contribution in [0.25, 0.3) is 0 Å². The highest BCUT2D eigenvalue weighted by atomic mass is 32.1. The SMILES string of the molecule is C=COC(OC)C(S)(OC=C)OC=C. The van der Waals surface area contributed by atoms with Gasteiger partial charge in [-0.3, -0.25) is 0 Å². The molecule has 0 aliphatic rings. The Kier molecular flexibility index (Phi) is 5.91. The monoisotopic (exact) mass is 218 g/mol. The Morgan fingerprint density at radius 2 is 1.64 bits per heavy atom. The number of ether oxygens (including phenoxy) is 4. The van der Waals surface area contributed by atoms with E-state index in [9.17, 15) is 0 Å². The van der Waals surface area contributed by atoms with Crippen LogP contribution in [0.3, 0.4) is 0 Å². The number of hydrogen-bond acceptors (Lipinski definition) is 5. The van der Waals surface area contributed by atoms with E-state index in [0.29, 0.717) is 0 Å². The Labute approximate surface area is 89.2 Å². The van der Waals surface area contributed by atoms with Crippen molar-refractivity contribution in [1.82, 2.24) is 0 Å². The van der Waals surface area contributed by atoms with Crippen LogP contribution in [0.15, 0.2) is 38.5 Å². The maximum atomic E-state index is 5.01. The average Bonchev–Trinajstić information content (AvgIpc) is 2.14. The predicted octanol–water partition coefficient (Wildman–Crippen LogP) is 2.02. The minimum atomic E-state index is -1.44. The van der Waals surface area contributed by atoms with Crippen LogP contribution < -0.4 is 0 Å². The van der Waals surface area contributed by atoms with E-state index in [1.165, 1.54) is 13.4 Å². The maximum Gasteiger partial charge on any atom is 0.362 e. The van der Waals surface area contributed by atoms with E-state index in [2.05, 4.69) is 32.4 Å². The van der Waals surface area contributed by atoms with Crippen LogP contribution >= 0.6 is 12.6 Å². The van der Waals surface area contributed by atoms with Gasteiger partial charge in [-0.25, -0.2) is 0 Å². The lowest BCUT2D eigenvalue weighted by Crippen LogP contribution is -2.42. The van der Waals surface area contributed by atoms with E-state index in [1.807, 2.05) is 0 Å². The topological polar surface area (TPSA) is 36.9 Å². The molecule has 1 unspecified atom stereocenters. The standard InChI is InChI=1S/C9H14O4S/c1-5-11-8(10-4)9(14,12-6-2)13-7-3/h5-8,14H,1-3H2,4H3. The Morgan fingerprint density at radius 3 is 1.93 bits per heavy atom. The van der Waals surface area contributed by atoms with Crippen molar-refractivity contribution in [2.75, 3.05) is 7.11 Å². The molecule has 0 aliphatic carbocycles. The summed E-state index contributed by atoms with van der Waals surface area (Å²) in [7, 11) is 1.41. The van der Waals surface area contributed by atoms with Crippen molar-refractivity contribution in [3.8, 4) is 0 Å². The Balaban J connectivity index is 4.62. The van der Waals surface area contributed by atoms with E-state index in [0.717, 1.165) is 12.5 Å². The first-order valence-electron chi connectivity index (χ1n) is 3.73. The van der Waals surface area contributed by atoms with Crippen molar-refractivity contribution >= 4 is 12.6 Å². The van der Waals surface area contributed by atoms with Gasteiger partial charge in [0.2, 0.25) is 0 Å². The van der Waals surface area contributed by atoms with Crippen molar-refractivity contribution in [2.24, 2.45) is 0 Å². The predicted molar refractivity (Wildman–Crippen MR) is 56.4 cm³/mol. The lowest BCUT2D eigenvalue weighted by molar-refractivity contribution is -0.248. The molecule has 0 bridgehead atoms. The van der Waals surface area contributed by atoms with Gasteiger partial charge in [0.1, 0.15) is 0 Å². The Morgan fingerprint density at radius 1 is 1.14 bits per heavy atom. The third kappa shape index (κ3) is 3.35. The zero-order valence-corrected chi connectivity index (χ0v) is 8.91. The summed E-state index contributed by atoms with van der Waals surface area (Å²) in [6.45, 7) is 10.1. The molecule has 0 rings (SSSR count). The first kappa shape index (κ1) is 12.9. The van der Waals surface area contributed by atoms with E-state index in [4.69, 9.17) is 18.9 Å². The molecule has 0 spiro atoms. The molecule has 0 amide bonds. The lowest BCUT2D eigenvalue weighted by atomic mass is 10.6. The summed E-state index contributed by atoms with van der Waals surface area (Å²) in [5.74, 6) is 0. The molecule has 0 fully saturated rings. The van der Waals surface area contributed by atoms with Crippen LogP contribution in [0, 0.1) is 0 Å². The highest BCUT2D eigenvalue weighted by molar-refractivity contribution is 7.81. The highest BCUT2D eigenvalue weighted by Crippen LogP contribution is 2.26. The van der Waals surface area contributed by atoms with Gasteiger partial charge in [-0.05, 0) is 0 Å². The van der Waals surface area contributed by atoms with Gasteiger partial charge < -0.3 is 18.9 Å². The molecule has 0 N–H and O–H groups in total. The van der Waals surface area contributed by atoms with Gasteiger partial charge in [-0.2, -0.15) is 0 Å². The van der Waals surface area contributed by atoms with Gasteiger partial charge >= 0.3 is 5.12 Å². The van der Waals surface area contributed by atoms with Crippen LogP contribution in [0.5, 0.6) is 0 Å². The normalized spacial score (nSPS) is 12.4. The maximum absolute atomic E-state index is 5.01. The van der Waals surface area contributed by atoms with Gasteiger partial charge in [0.25, 0.3) is 6.29 Å². The molecule has 14 heavy (non-hydrogen) atoms. The van der Waals surface area contributed by atoms with E-state index >= 15 is 0 Å². The Hall–Kier alpha value is -1.07. The molecular formula is C9H14O4S. The molecule has 4 nitrogen and oxygen atoms in total. The first-order chi connectivity index (χ1) is 6.64. The van der Waals surface area contributed by atoms with Gasteiger partial charge in [0.05, 0.1) is 18.8 Å². The molecule has 0 radical (unpaired) electrons. The largest absolute Gasteiger partial charge is 0.464 e. The van der Waals surface area contributed by atoms with Crippen molar-refractivity contribution in [3.63, 3.8) is 0 Å². The minimum absolute atomic E-state index is 0.890. The summed E-state index contributed by atoms with van der Waals surface area (Å²) in [5, 5.41) is -1.44. The van der Waals surface area contributed by atoms with Gasteiger partial charge in [-0.1, -0.05) is 32.4 Å². The van der Waals surface area contributed by atoms with Gasteiger partial charge in [0, 0.05) is 7.11 Å². The average molecular weight is 218 g/mol.